The largest absolute Gasteiger partial charge is 0.352 e. The van der Waals surface area contributed by atoms with Gasteiger partial charge >= 0.3 is 0 Å². The number of nitrogens with zero attached hydrogens (tertiary/aromatic N) is 3. The minimum Gasteiger partial charge on any atom is -0.352 e. The molecule has 0 radical (unpaired) electrons. The van der Waals surface area contributed by atoms with Crippen LogP contribution >= 0.6 is 0 Å². The number of aromatic nitrogens is 2. The Kier molecular flexibility index (Phi) is 7.33. The highest BCUT2D eigenvalue weighted by atomic mass is 16.2. The summed E-state index contributed by atoms with van der Waals surface area (Å²) < 4.78 is 2.01. The highest BCUT2D eigenvalue weighted by molar-refractivity contribution is 5.91. The lowest BCUT2D eigenvalue weighted by Crippen LogP contribution is -2.35. The monoisotopic (exact) mass is 430 g/mol. The van der Waals surface area contributed by atoms with Crippen molar-refractivity contribution in [2.24, 2.45) is 0 Å². The fraction of sp³-hybridized carbons (Fsp3) is 0.346. The number of rotatable bonds is 7. The Morgan fingerprint density at radius 1 is 0.938 bits per heavy atom. The van der Waals surface area contributed by atoms with Crippen LogP contribution in [0.2, 0.25) is 0 Å². The van der Waals surface area contributed by atoms with E-state index in [-0.39, 0.29) is 18.4 Å². The standard InChI is InChI=1S/C26H30N4O2/c31-25(15-14-21-10-4-3-5-11-21)27-17-16-24-28-22-12-6-7-13-23(22)30(24)20-26(32)29-18-8-1-2-9-19-29/h3-7,10-15H,1-2,8-9,16-20H2,(H,27,31)/b15-14+. The molecule has 0 atom stereocenters. The average Bonchev–Trinajstić information content (AvgIpc) is 2.98. The summed E-state index contributed by atoms with van der Waals surface area (Å²) >= 11 is 0. The van der Waals surface area contributed by atoms with Crippen LogP contribution in [0.5, 0.6) is 0 Å². The van der Waals surface area contributed by atoms with Gasteiger partial charge in [-0.15, -0.1) is 0 Å². The van der Waals surface area contributed by atoms with E-state index in [1.165, 1.54) is 12.8 Å². The lowest BCUT2D eigenvalue weighted by atomic mass is 10.2. The lowest BCUT2D eigenvalue weighted by molar-refractivity contribution is -0.131. The highest BCUT2D eigenvalue weighted by Gasteiger charge is 2.19. The van der Waals surface area contributed by atoms with Crippen molar-refractivity contribution in [1.29, 1.82) is 0 Å². The van der Waals surface area contributed by atoms with Gasteiger partial charge in [-0.1, -0.05) is 55.3 Å². The molecule has 0 spiro atoms. The highest BCUT2D eigenvalue weighted by Crippen LogP contribution is 2.18. The van der Waals surface area contributed by atoms with Crippen molar-refractivity contribution in [2.75, 3.05) is 19.6 Å². The lowest BCUT2D eigenvalue weighted by Gasteiger charge is -2.21. The summed E-state index contributed by atoms with van der Waals surface area (Å²) in [4.78, 5) is 31.9. The van der Waals surface area contributed by atoms with E-state index in [0.717, 1.165) is 48.4 Å². The summed E-state index contributed by atoms with van der Waals surface area (Å²) in [5.74, 6) is 0.824. The minimum absolute atomic E-state index is 0.142. The molecule has 0 saturated carbocycles. The summed E-state index contributed by atoms with van der Waals surface area (Å²) in [6, 6.07) is 17.6. The number of imidazole rings is 1. The van der Waals surface area contributed by atoms with Crippen molar-refractivity contribution in [1.82, 2.24) is 19.8 Å². The van der Waals surface area contributed by atoms with E-state index in [0.29, 0.717) is 13.0 Å². The summed E-state index contributed by atoms with van der Waals surface area (Å²) in [6.07, 6.45) is 8.44. The van der Waals surface area contributed by atoms with Gasteiger partial charge in [0.25, 0.3) is 0 Å². The number of hydrogen-bond donors (Lipinski definition) is 1. The Morgan fingerprint density at radius 3 is 2.44 bits per heavy atom. The van der Waals surface area contributed by atoms with Crippen LogP contribution in [0.3, 0.4) is 0 Å². The topological polar surface area (TPSA) is 67.2 Å². The molecule has 2 aromatic carbocycles. The average molecular weight is 431 g/mol. The number of benzene rings is 2. The van der Waals surface area contributed by atoms with E-state index < -0.39 is 0 Å². The molecule has 1 aromatic heterocycles. The number of carbonyl (C=O) groups is 2. The third kappa shape index (κ3) is 5.63. The second kappa shape index (κ2) is 10.8. The third-order valence-electron chi connectivity index (χ3n) is 5.86. The molecule has 1 aliphatic heterocycles. The molecule has 6 heteroatoms. The Morgan fingerprint density at radius 2 is 1.66 bits per heavy atom. The van der Waals surface area contributed by atoms with E-state index in [4.69, 9.17) is 4.98 Å². The molecule has 0 bridgehead atoms. The molecule has 1 N–H and O–H groups in total. The maximum atomic E-state index is 13.0. The summed E-state index contributed by atoms with van der Waals surface area (Å²) in [5, 5.41) is 2.92. The quantitative estimate of drug-likeness (QED) is 0.580. The van der Waals surface area contributed by atoms with Gasteiger partial charge in [0.05, 0.1) is 11.0 Å². The van der Waals surface area contributed by atoms with Crippen LogP contribution in [0, 0.1) is 0 Å². The molecule has 0 unspecified atom stereocenters. The summed E-state index contributed by atoms with van der Waals surface area (Å²) in [5.41, 5.74) is 2.82. The molecule has 2 heterocycles. The molecule has 2 amide bonds. The van der Waals surface area contributed by atoms with Gasteiger partial charge in [0.1, 0.15) is 12.4 Å². The number of likely N-dealkylation sites (tertiary alicyclic amines) is 1. The maximum absolute atomic E-state index is 13.0. The number of para-hydroxylation sites is 2. The predicted octanol–water partition coefficient (Wildman–Crippen LogP) is 3.81. The Hall–Kier alpha value is -3.41. The van der Waals surface area contributed by atoms with Crippen LogP contribution in [0.4, 0.5) is 0 Å². The van der Waals surface area contributed by atoms with Gasteiger partial charge in [-0.25, -0.2) is 4.98 Å². The van der Waals surface area contributed by atoms with E-state index in [1.54, 1.807) is 12.2 Å². The molecular formula is C26H30N4O2. The molecular weight excluding hydrogens is 400 g/mol. The fourth-order valence-corrected chi connectivity index (χ4v) is 4.14. The van der Waals surface area contributed by atoms with Gasteiger partial charge in [0.2, 0.25) is 11.8 Å². The zero-order valence-electron chi connectivity index (χ0n) is 18.4. The van der Waals surface area contributed by atoms with Crippen molar-refractivity contribution in [3.8, 4) is 0 Å². The Labute approximate surface area is 188 Å². The molecule has 1 saturated heterocycles. The van der Waals surface area contributed by atoms with Gasteiger partial charge in [0, 0.05) is 32.1 Å². The molecule has 32 heavy (non-hydrogen) atoms. The molecule has 6 nitrogen and oxygen atoms in total. The number of fused-ring (bicyclic) bond motifs is 1. The van der Waals surface area contributed by atoms with Crippen LogP contribution in [-0.4, -0.2) is 45.9 Å². The van der Waals surface area contributed by atoms with Crippen molar-refractivity contribution in [2.45, 2.75) is 38.6 Å². The first-order valence-electron chi connectivity index (χ1n) is 11.4. The molecule has 3 aromatic rings. The zero-order chi connectivity index (χ0) is 22.2. The maximum Gasteiger partial charge on any atom is 0.244 e. The van der Waals surface area contributed by atoms with Gasteiger partial charge in [0.15, 0.2) is 0 Å². The van der Waals surface area contributed by atoms with Crippen LogP contribution < -0.4 is 5.32 Å². The van der Waals surface area contributed by atoms with Gasteiger partial charge in [-0.05, 0) is 36.6 Å². The molecule has 0 aliphatic carbocycles. The third-order valence-corrected chi connectivity index (χ3v) is 5.86. The van der Waals surface area contributed by atoms with Crippen LogP contribution in [-0.2, 0) is 22.6 Å². The first-order chi connectivity index (χ1) is 15.7. The van der Waals surface area contributed by atoms with Crippen molar-refractivity contribution in [3.05, 3.63) is 72.1 Å². The van der Waals surface area contributed by atoms with Crippen molar-refractivity contribution in [3.63, 3.8) is 0 Å². The number of hydrogen-bond acceptors (Lipinski definition) is 3. The molecule has 1 aliphatic rings. The number of amides is 2. The smallest absolute Gasteiger partial charge is 0.244 e. The van der Waals surface area contributed by atoms with E-state index in [9.17, 15) is 9.59 Å². The van der Waals surface area contributed by atoms with Crippen molar-refractivity contribution >= 4 is 28.9 Å². The van der Waals surface area contributed by atoms with Gasteiger partial charge < -0.3 is 14.8 Å². The number of nitrogens with one attached hydrogen (secondary N) is 1. The van der Waals surface area contributed by atoms with Crippen LogP contribution in [0.25, 0.3) is 17.1 Å². The van der Waals surface area contributed by atoms with Crippen LogP contribution in [0.1, 0.15) is 37.1 Å². The van der Waals surface area contributed by atoms with Gasteiger partial charge in [-0.3, -0.25) is 9.59 Å². The second-order valence-electron chi connectivity index (χ2n) is 8.18. The Balaban J connectivity index is 1.41. The van der Waals surface area contributed by atoms with E-state index in [2.05, 4.69) is 5.32 Å². The zero-order valence-corrected chi connectivity index (χ0v) is 18.4. The summed E-state index contributed by atoms with van der Waals surface area (Å²) in [6.45, 7) is 2.42. The normalized spacial score (nSPS) is 14.6. The molecule has 166 valence electrons. The predicted molar refractivity (Wildman–Crippen MR) is 127 cm³/mol. The Bertz CT molecular complexity index is 1080. The minimum atomic E-state index is -0.142. The first-order valence-corrected chi connectivity index (χ1v) is 11.4. The molecule has 4 rings (SSSR count). The number of carbonyl (C=O) groups excluding carboxylic acids is 2. The van der Waals surface area contributed by atoms with Gasteiger partial charge in [-0.2, -0.15) is 0 Å². The fourth-order valence-electron chi connectivity index (χ4n) is 4.14. The van der Waals surface area contributed by atoms with Crippen molar-refractivity contribution < 1.29 is 9.59 Å². The van der Waals surface area contributed by atoms with Crippen LogP contribution in [0.15, 0.2) is 60.7 Å². The van der Waals surface area contributed by atoms with E-state index >= 15 is 0 Å². The second-order valence-corrected chi connectivity index (χ2v) is 8.18. The summed E-state index contributed by atoms with van der Waals surface area (Å²) in [7, 11) is 0. The first kappa shape index (κ1) is 21.8. The molecule has 1 fully saturated rings. The van der Waals surface area contributed by atoms with E-state index in [1.807, 2.05) is 64.1 Å². The SMILES string of the molecule is O=C(/C=C/c1ccccc1)NCCc1nc2ccccc2n1CC(=O)N1CCCCCC1.